The van der Waals surface area contributed by atoms with E-state index < -0.39 is 11.8 Å². The maximum atomic E-state index is 13.3. The first-order valence-electron chi connectivity index (χ1n) is 11.1. The number of halogens is 3. The van der Waals surface area contributed by atoms with Gasteiger partial charge in [-0.2, -0.15) is 13.2 Å². The Bertz CT molecular complexity index is 849. The van der Waals surface area contributed by atoms with E-state index in [1.54, 1.807) is 0 Å². The molecule has 2 saturated carbocycles. The van der Waals surface area contributed by atoms with Crippen molar-refractivity contribution < 1.29 is 23.1 Å². The van der Waals surface area contributed by atoms with Gasteiger partial charge in [-0.05, 0) is 81.1 Å². The Labute approximate surface area is 180 Å². The fourth-order valence-corrected chi connectivity index (χ4v) is 4.84. The molecule has 0 spiro atoms. The summed E-state index contributed by atoms with van der Waals surface area (Å²) in [5, 5.41) is 9.86. The van der Waals surface area contributed by atoms with Crippen LogP contribution in [0.1, 0.15) is 61.4 Å². The number of aliphatic imine (C=N–C) groups is 1. The lowest BCUT2D eigenvalue weighted by atomic mass is 9.77. The largest absolute Gasteiger partial charge is 0.421 e. The lowest BCUT2D eigenvalue weighted by Crippen LogP contribution is -2.44. The number of benzene rings is 1. The van der Waals surface area contributed by atoms with Crippen LogP contribution in [0, 0.1) is 11.8 Å². The standard InChI is InChI=1S/C24H29F3N2O2/c1-23(31,24(25,26)27)19-8-4-17(5-9-19)22(30)29(21-12-13-21)20-10-6-16(7-11-20)18-3-2-14-28-15-18/h2-5,8-9,14,16,18,20-21,31H,6-7,10-13,15H2,1H3/t16?,18-,20?,23+/m1/s1. The van der Waals surface area contributed by atoms with Crippen LogP contribution in [0.4, 0.5) is 13.2 Å². The highest BCUT2D eigenvalue weighted by atomic mass is 19.4. The molecule has 1 amide bonds. The van der Waals surface area contributed by atoms with Gasteiger partial charge in [-0.1, -0.05) is 18.2 Å². The van der Waals surface area contributed by atoms with Crippen LogP contribution in [0.3, 0.4) is 0 Å². The summed E-state index contributed by atoms with van der Waals surface area (Å²) in [6, 6.07) is 5.63. The summed E-state index contributed by atoms with van der Waals surface area (Å²) in [7, 11) is 0. The minimum absolute atomic E-state index is 0.119. The fraction of sp³-hybridized carbons (Fsp3) is 0.583. The monoisotopic (exact) mass is 434 g/mol. The first-order valence-corrected chi connectivity index (χ1v) is 11.1. The van der Waals surface area contributed by atoms with Crippen molar-refractivity contribution in [3.63, 3.8) is 0 Å². The first kappa shape index (κ1) is 22.1. The second kappa shape index (κ2) is 8.41. The molecule has 2 aliphatic carbocycles. The van der Waals surface area contributed by atoms with Crippen molar-refractivity contribution in [1.29, 1.82) is 0 Å². The van der Waals surface area contributed by atoms with Gasteiger partial charge < -0.3 is 10.0 Å². The Hall–Kier alpha value is -2.15. The van der Waals surface area contributed by atoms with Gasteiger partial charge in [0.05, 0.1) is 0 Å². The molecule has 0 saturated heterocycles. The molecule has 1 aromatic carbocycles. The first-order chi connectivity index (χ1) is 14.7. The lowest BCUT2D eigenvalue weighted by molar-refractivity contribution is -0.258. The minimum atomic E-state index is -4.78. The van der Waals surface area contributed by atoms with Crippen molar-refractivity contribution in [2.75, 3.05) is 6.54 Å². The zero-order chi connectivity index (χ0) is 22.2. The zero-order valence-electron chi connectivity index (χ0n) is 17.7. The Morgan fingerprint density at radius 1 is 1.03 bits per heavy atom. The summed E-state index contributed by atoms with van der Waals surface area (Å²) in [5.74, 6) is 0.946. The normalized spacial score (nSPS) is 28.2. The van der Waals surface area contributed by atoms with Crippen LogP contribution < -0.4 is 0 Å². The van der Waals surface area contributed by atoms with Crippen LogP contribution in [0.2, 0.25) is 0 Å². The van der Waals surface area contributed by atoms with E-state index in [2.05, 4.69) is 11.1 Å². The molecule has 0 bridgehead atoms. The third-order valence-corrected chi connectivity index (χ3v) is 7.03. The van der Waals surface area contributed by atoms with Crippen LogP contribution in [0.25, 0.3) is 0 Å². The number of hydrogen-bond donors (Lipinski definition) is 1. The van der Waals surface area contributed by atoms with E-state index in [-0.39, 0.29) is 23.6 Å². The number of carbonyl (C=O) groups excluding carboxylic acids is 1. The van der Waals surface area contributed by atoms with Crippen LogP contribution >= 0.6 is 0 Å². The topological polar surface area (TPSA) is 52.9 Å². The Balaban J connectivity index is 1.44. The van der Waals surface area contributed by atoms with E-state index in [0.29, 0.717) is 17.4 Å². The Morgan fingerprint density at radius 2 is 1.61 bits per heavy atom. The van der Waals surface area contributed by atoms with E-state index in [0.717, 1.165) is 52.0 Å². The van der Waals surface area contributed by atoms with Gasteiger partial charge in [0.25, 0.3) is 5.91 Å². The molecule has 2 fully saturated rings. The molecule has 7 heteroatoms. The summed E-state index contributed by atoms with van der Waals surface area (Å²) in [6.07, 6.45) is 7.27. The summed E-state index contributed by atoms with van der Waals surface area (Å²) >= 11 is 0. The molecule has 0 aromatic heterocycles. The maximum Gasteiger partial charge on any atom is 0.421 e. The van der Waals surface area contributed by atoms with E-state index in [1.165, 1.54) is 24.3 Å². The fourth-order valence-electron chi connectivity index (χ4n) is 4.84. The molecule has 1 aromatic rings. The molecule has 2 atom stereocenters. The Kier molecular flexibility index (Phi) is 5.99. The number of carbonyl (C=O) groups is 1. The number of allylic oxidation sites excluding steroid dienone is 1. The minimum Gasteiger partial charge on any atom is -0.376 e. The summed E-state index contributed by atoms with van der Waals surface area (Å²) in [6.45, 7) is 1.57. The van der Waals surface area contributed by atoms with Crippen LogP contribution in [0.5, 0.6) is 0 Å². The van der Waals surface area contributed by atoms with Gasteiger partial charge in [0.1, 0.15) is 0 Å². The molecule has 0 unspecified atom stereocenters. The van der Waals surface area contributed by atoms with Crippen molar-refractivity contribution in [3.8, 4) is 0 Å². The number of amides is 1. The van der Waals surface area contributed by atoms with Crippen LogP contribution in [-0.2, 0) is 5.60 Å². The van der Waals surface area contributed by atoms with E-state index in [4.69, 9.17) is 0 Å². The second-order valence-electron chi connectivity index (χ2n) is 9.22. The molecule has 0 radical (unpaired) electrons. The lowest BCUT2D eigenvalue weighted by Gasteiger charge is -2.39. The van der Waals surface area contributed by atoms with Crippen molar-refractivity contribution in [2.24, 2.45) is 16.8 Å². The third kappa shape index (κ3) is 4.56. The van der Waals surface area contributed by atoms with Crippen molar-refractivity contribution >= 4 is 12.1 Å². The third-order valence-electron chi connectivity index (χ3n) is 7.03. The smallest absolute Gasteiger partial charge is 0.376 e. The highest BCUT2D eigenvalue weighted by molar-refractivity contribution is 5.95. The molecule has 1 aliphatic heterocycles. The van der Waals surface area contributed by atoms with Gasteiger partial charge in [0.15, 0.2) is 5.60 Å². The van der Waals surface area contributed by atoms with Crippen LogP contribution in [-0.4, -0.2) is 46.9 Å². The number of nitrogens with zero attached hydrogens (tertiary/aromatic N) is 2. The molecule has 4 rings (SSSR count). The average molecular weight is 435 g/mol. The van der Waals surface area contributed by atoms with Gasteiger partial charge in [0, 0.05) is 30.4 Å². The number of alkyl halides is 3. The predicted molar refractivity (Wildman–Crippen MR) is 113 cm³/mol. The molecule has 4 nitrogen and oxygen atoms in total. The quantitative estimate of drug-likeness (QED) is 0.718. The number of rotatable bonds is 5. The average Bonchev–Trinajstić information content (AvgIpc) is 3.59. The van der Waals surface area contributed by atoms with E-state index in [9.17, 15) is 23.1 Å². The molecule has 3 aliphatic rings. The van der Waals surface area contributed by atoms with Gasteiger partial charge in [-0.3, -0.25) is 9.79 Å². The predicted octanol–water partition coefficient (Wildman–Crippen LogP) is 4.88. The van der Waals surface area contributed by atoms with Crippen LogP contribution in [0.15, 0.2) is 41.4 Å². The maximum absolute atomic E-state index is 13.3. The molecular weight excluding hydrogens is 405 g/mol. The van der Waals surface area contributed by atoms with Gasteiger partial charge in [0.2, 0.25) is 0 Å². The van der Waals surface area contributed by atoms with Crippen molar-refractivity contribution in [2.45, 2.75) is 69.3 Å². The van der Waals surface area contributed by atoms with Gasteiger partial charge in [-0.25, -0.2) is 0 Å². The summed E-state index contributed by atoms with van der Waals surface area (Å²) in [4.78, 5) is 19.6. The van der Waals surface area contributed by atoms with E-state index in [1.807, 2.05) is 17.2 Å². The Morgan fingerprint density at radius 3 is 2.10 bits per heavy atom. The highest BCUT2D eigenvalue weighted by Crippen LogP contribution is 2.40. The zero-order valence-corrected chi connectivity index (χ0v) is 17.7. The molecule has 1 N–H and O–H groups in total. The molecule has 31 heavy (non-hydrogen) atoms. The van der Waals surface area contributed by atoms with Gasteiger partial charge >= 0.3 is 6.18 Å². The second-order valence-corrected chi connectivity index (χ2v) is 9.22. The summed E-state index contributed by atoms with van der Waals surface area (Å²) < 4.78 is 39.3. The van der Waals surface area contributed by atoms with Crippen molar-refractivity contribution in [3.05, 3.63) is 47.5 Å². The van der Waals surface area contributed by atoms with Crippen molar-refractivity contribution in [1.82, 2.24) is 4.90 Å². The SMILES string of the molecule is C[C@](O)(c1ccc(C(=O)N(C2CCC([C@@H]3C=CC=NC3)CC2)C2CC2)cc1)C(F)(F)F. The molecule has 168 valence electrons. The highest BCUT2D eigenvalue weighted by Gasteiger charge is 2.51. The molecule has 1 heterocycles. The summed E-state index contributed by atoms with van der Waals surface area (Å²) in [5.41, 5.74) is -2.83. The van der Waals surface area contributed by atoms with E-state index >= 15 is 0 Å². The number of hydrogen-bond acceptors (Lipinski definition) is 3. The molecular formula is C24H29F3N2O2. The number of aliphatic hydroxyl groups is 1. The number of dihydropyridines is 1. The van der Waals surface area contributed by atoms with Gasteiger partial charge in [-0.15, -0.1) is 0 Å².